The van der Waals surface area contributed by atoms with E-state index in [9.17, 15) is 0 Å². The highest BCUT2D eigenvalue weighted by Crippen LogP contribution is 2.17. The minimum Gasteiger partial charge on any atom is -0.235 e. The summed E-state index contributed by atoms with van der Waals surface area (Å²) < 4.78 is 0. The van der Waals surface area contributed by atoms with Crippen molar-refractivity contribution in [3.63, 3.8) is 0 Å². The van der Waals surface area contributed by atoms with Crippen molar-refractivity contribution in [3.05, 3.63) is 53.8 Å². The zero-order valence-electron chi connectivity index (χ0n) is 8.84. The van der Waals surface area contributed by atoms with E-state index in [0.29, 0.717) is 16.7 Å². The van der Waals surface area contributed by atoms with Gasteiger partial charge in [0.15, 0.2) is 5.82 Å². The molecular formula is C13H8ClN3. The Morgan fingerprint density at radius 1 is 0.882 bits per heavy atom. The molecule has 0 N–H and O–H groups in total. The van der Waals surface area contributed by atoms with Crippen LogP contribution in [0.3, 0.4) is 0 Å². The Morgan fingerprint density at radius 3 is 2.65 bits per heavy atom. The van der Waals surface area contributed by atoms with Crippen LogP contribution in [0.25, 0.3) is 22.4 Å². The molecule has 0 aliphatic rings. The second-order valence-electron chi connectivity index (χ2n) is 3.60. The Hall–Kier alpha value is -2.00. The van der Waals surface area contributed by atoms with Gasteiger partial charge in [-0.2, -0.15) is 0 Å². The van der Waals surface area contributed by atoms with E-state index in [1.165, 1.54) is 0 Å². The summed E-state index contributed by atoms with van der Waals surface area (Å²) in [6.45, 7) is 0. The van der Waals surface area contributed by atoms with Gasteiger partial charge in [0.1, 0.15) is 10.8 Å². The fourth-order valence-electron chi connectivity index (χ4n) is 1.63. The van der Waals surface area contributed by atoms with Crippen LogP contribution in [0, 0.1) is 0 Å². The number of fused-ring (bicyclic) bond motifs is 1. The molecule has 0 saturated carbocycles. The summed E-state index contributed by atoms with van der Waals surface area (Å²) in [6.07, 6.45) is 1.79. The quantitative estimate of drug-likeness (QED) is 0.614. The summed E-state index contributed by atoms with van der Waals surface area (Å²) in [6, 6.07) is 13.2. The normalized spacial score (nSPS) is 10.6. The van der Waals surface area contributed by atoms with Gasteiger partial charge in [0.05, 0.1) is 5.52 Å². The maximum atomic E-state index is 5.85. The van der Waals surface area contributed by atoms with Crippen LogP contribution in [0.2, 0.25) is 5.15 Å². The van der Waals surface area contributed by atoms with Gasteiger partial charge in [0, 0.05) is 11.6 Å². The lowest BCUT2D eigenvalue weighted by atomic mass is 10.2. The van der Waals surface area contributed by atoms with E-state index in [2.05, 4.69) is 15.0 Å². The predicted octanol–water partition coefficient (Wildman–Crippen LogP) is 3.35. The Labute approximate surface area is 103 Å². The highest BCUT2D eigenvalue weighted by Gasteiger charge is 2.04. The minimum atomic E-state index is 0.444. The van der Waals surface area contributed by atoms with Gasteiger partial charge in [-0.25, -0.2) is 15.0 Å². The van der Waals surface area contributed by atoms with Crippen molar-refractivity contribution in [3.8, 4) is 11.5 Å². The third kappa shape index (κ3) is 1.97. The summed E-state index contributed by atoms with van der Waals surface area (Å²) in [5.74, 6) is 0.589. The van der Waals surface area contributed by atoms with Gasteiger partial charge >= 0.3 is 0 Å². The first-order chi connectivity index (χ1) is 8.33. The highest BCUT2D eigenvalue weighted by atomic mass is 35.5. The fourth-order valence-corrected chi connectivity index (χ4v) is 1.79. The number of para-hydroxylation sites is 1. The molecular weight excluding hydrogens is 234 g/mol. The molecule has 2 aromatic heterocycles. The van der Waals surface area contributed by atoms with Crippen LogP contribution < -0.4 is 0 Å². The van der Waals surface area contributed by atoms with Gasteiger partial charge in [-0.3, -0.25) is 0 Å². The van der Waals surface area contributed by atoms with Crippen LogP contribution in [0.4, 0.5) is 0 Å². The molecule has 0 radical (unpaired) electrons. The minimum absolute atomic E-state index is 0.444. The van der Waals surface area contributed by atoms with Gasteiger partial charge in [0.25, 0.3) is 0 Å². The molecule has 0 bridgehead atoms. The van der Waals surface area contributed by atoms with Crippen LogP contribution in [0.15, 0.2) is 48.7 Å². The molecule has 0 spiro atoms. The Balaban J connectivity index is 2.18. The summed E-state index contributed by atoms with van der Waals surface area (Å²) in [4.78, 5) is 12.9. The molecule has 17 heavy (non-hydrogen) atoms. The lowest BCUT2D eigenvalue weighted by Crippen LogP contribution is -1.92. The third-order valence-corrected chi connectivity index (χ3v) is 2.64. The van der Waals surface area contributed by atoms with E-state index >= 15 is 0 Å². The van der Waals surface area contributed by atoms with Crippen molar-refractivity contribution >= 4 is 22.5 Å². The van der Waals surface area contributed by atoms with Crippen LogP contribution in [0.1, 0.15) is 0 Å². The van der Waals surface area contributed by atoms with E-state index < -0.39 is 0 Å². The van der Waals surface area contributed by atoms with Crippen molar-refractivity contribution < 1.29 is 0 Å². The van der Waals surface area contributed by atoms with Crippen LogP contribution in [-0.4, -0.2) is 15.0 Å². The summed E-state index contributed by atoms with van der Waals surface area (Å²) >= 11 is 5.85. The van der Waals surface area contributed by atoms with Crippen molar-refractivity contribution in [2.75, 3.05) is 0 Å². The van der Waals surface area contributed by atoms with E-state index in [0.717, 1.165) is 10.9 Å². The summed E-state index contributed by atoms with van der Waals surface area (Å²) in [7, 11) is 0. The summed E-state index contributed by atoms with van der Waals surface area (Å²) in [5, 5.41) is 1.46. The second-order valence-corrected chi connectivity index (χ2v) is 3.99. The molecule has 3 nitrogen and oxygen atoms in total. The molecule has 0 aliphatic carbocycles. The number of benzene rings is 1. The molecule has 0 saturated heterocycles. The molecule has 82 valence electrons. The zero-order chi connectivity index (χ0) is 11.7. The van der Waals surface area contributed by atoms with E-state index in [1.54, 1.807) is 12.3 Å². The van der Waals surface area contributed by atoms with Gasteiger partial charge in [-0.15, -0.1) is 0 Å². The fraction of sp³-hybridized carbons (Fsp3) is 0. The van der Waals surface area contributed by atoms with Gasteiger partial charge in [0.2, 0.25) is 0 Å². The van der Waals surface area contributed by atoms with Gasteiger partial charge in [-0.1, -0.05) is 35.9 Å². The van der Waals surface area contributed by atoms with Gasteiger partial charge in [-0.05, 0) is 18.2 Å². The molecule has 1 aromatic carbocycles. The maximum Gasteiger partial charge on any atom is 0.178 e. The molecule has 0 unspecified atom stereocenters. The maximum absolute atomic E-state index is 5.85. The first-order valence-electron chi connectivity index (χ1n) is 5.18. The number of halogens is 1. The summed E-state index contributed by atoms with van der Waals surface area (Å²) in [5.41, 5.74) is 1.59. The van der Waals surface area contributed by atoms with Crippen molar-refractivity contribution in [2.24, 2.45) is 0 Å². The topological polar surface area (TPSA) is 38.7 Å². The van der Waals surface area contributed by atoms with E-state index in [4.69, 9.17) is 11.6 Å². The lowest BCUT2D eigenvalue weighted by Gasteiger charge is -2.01. The molecule has 4 heteroatoms. The third-order valence-electron chi connectivity index (χ3n) is 2.43. The van der Waals surface area contributed by atoms with Crippen molar-refractivity contribution in [2.45, 2.75) is 0 Å². The Kier molecular flexibility index (Phi) is 2.46. The molecule has 3 aromatic rings. The number of rotatable bonds is 1. The molecule has 0 atom stereocenters. The largest absolute Gasteiger partial charge is 0.235 e. The average Bonchev–Trinajstić information content (AvgIpc) is 2.38. The Bertz CT molecular complexity index is 682. The predicted molar refractivity (Wildman–Crippen MR) is 67.8 cm³/mol. The average molecular weight is 242 g/mol. The lowest BCUT2D eigenvalue weighted by molar-refractivity contribution is 1.18. The van der Waals surface area contributed by atoms with Crippen LogP contribution in [0.5, 0.6) is 0 Å². The standard InChI is InChI=1S/C13H8ClN3/c14-12-7-3-6-11(16-12)13-15-8-9-4-1-2-5-10(9)17-13/h1-8H. The SMILES string of the molecule is Clc1cccc(-c2ncc3ccccc3n2)n1. The number of nitrogens with zero attached hydrogens (tertiary/aromatic N) is 3. The molecule has 0 amide bonds. The monoisotopic (exact) mass is 241 g/mol. The number of pyridine rings is 1. The van der Waals surface area contributed by atoms with Crippen molar-refractivity contribution in [1.82, 2.24) is 15.0 Å². The number of hydrogen-bond donors (Lipinski definition) is 0. The van der Waals surface area contributed by atoms with Crippen molar-refractivity contribution in [1.29, 1.82) is 0 Å². The first-order valence-corrected chi connectivity index (χ1v) is 5.55. The van der Waals surface area contributed by atoms with Crippen LogP contribution >= 0.6 is 11.6 Å². The molecule has 3 rings (SSSR count). The van der Waals surface area contributed by atoms with Crippen LogP contribution in [-0.2, 0) is 0 Å². The zero-order valence-corrected chi connectivity index (χ0v) is 9.59. The Morgan fingerprint density at radius 2 is 1.76 bits per heavy atom. The van der Waals surface area contributed by atoms with E-state index in [1.807, 2.05) is 36.4 Å². The molecule has 2 heterocycles. The van der Waals surface area contributed by atoms with E-state index in [-0.39, 0.29) is 0 Å². The number of aromatic nitrogens is 3. The number of hydrogen-bond acceptors (Lipinski definition) is 3. The highest BCUT2D eigenvalue weighted by molar-refractivity contribution is 6.29. The second kappa shape index (κ2) is 4.11. The van der Waals surface area contributed by atoms with Gasteiger partial charge < -0.3 is 0 Å². The molecule has 0 aliphatic heterocycles. The first kappa shape index (κ1) is 10.2. The smallest absolute Gasteiger partial charge is 0.178 e. The molecule has 0 fully saturated rings.